The van der Waals surface area contributed by atoms with Crippen LogP contribution in [0, 0.1) is 5.92 Å². The van der Waals surface area contributed by atoms with Crippen molar-refractivity contribution < 1.29 is 0 Å². The Balaban J connectivity index is 1.83. The molecule has 0 aliphatic carbocycles. The minimum Gasteiger partial charge on any atom is -0.383 e. The number of nitrogens with two attached hydrogens (primary N) is 1. The number of fused-ring (bicyclic) bond motifs is 1. The third kappa shape index (κ3) is 3.35. The van der Waals surface area contributed by atoms with Gasteiger partial charge < -0.3 is 16.0 Å². The fourth-order valence-electron chi connectivity index (χ4n) is 3.67. The Morgan fingerprint density at radius 3 is 2.77 bits per heavy atom. The van der Waals surface area contributed by atoms with E-state index in [9.17, 15) is 0 Å². The zero-order valence-corrected chi connectivity index (χ0v) is 15.1. The highest BCUT2D eigenvalue weighted by molar-refractivity contribution is 6.06. The van der Waals surface area contributed by atoms with E-state index in [1.807, 2.05) is 25.3 Å². The first kappa shape index (κ1) is 16.8. The topological polar surface area (TPSA) is 78.6 Å². The lowest BCUT2D eigenvalue weighted by atomic mass is 9.91. The van der Waals surface area contributed by atoms with Crippen molar-refractivity contribution in [2.45, 2.75) is 26.2 Å². The Morgan fingerprint density at radius 2 is 1.96 bits per heavy atom. The monoisotopic (exact) mass is 347 g/mol. The lowest BCUT2D eigenvalue weighted by molar-refractivity contribution is 0.454. The molecule has 0 amide bonds. The van der Waals surface area contributed by atoms with Crippen molar-refractivity contribution in [1.29, 1.82) is 0 Å². The number of allylic oxidation sites excluding steroid dienone is 1. The van der Waals surface area contributed by atoms with Crippen LogP contribution in [0.15, 0.2) is 58.2 Å². The van der Waals surface area contributed by atoms with Crippen LogP contribution in [-0.2, 0) is 0 Å². The number of nitrogens with zero attached hydrogens (tertiary/aromatic N) is 2. The average molecular weight is 347 g/mol. The first-order valence-corrected chi connectivity index (χ1v) is 9.28. The molecule has 0 spiro atoms. The van der Waals surface area contributed by atoms with E-state index >= 15 is 0 Å². The summed E-state index contributed by atoms with van der Waals surface area (Å²) in [6.07, 6.45) is 6.95. The van der Waals surface area contributed by atoms with Crippen LogP contribution in [0.4, 0.5) is 0 Å². The molecule has 4 N–H and O–H groups in total. The van der Waals surface area contributed by atoms with E-state index < -0.39 is 0 Å². The fraction of sp³-hybridized carbons (Fsp3) is 0.333. The third-order valence-electron chi connectivity index (χ3n) is 5.24. The minimum absolute atomic E-state index is 0.507. The van der Waals surface area contributed by atoms with Crippen LogP contribution < -0.4 is 11.1 Å². The summed E-state index contributed by atoms with van der Waals surface area (Å²) in [5, 5.41) is 4.61. The van der Waals surface area contributed by atoms with Crippen molar-refractivity contribution in [3.05, 3.63) is 53.9 Å². The molecule has 1 aromatic carbocycles. The van der Waals surface area contributed by atoms with Gasteiger partial charge in [0, 0.05) is 40.7 Å². The van der Waals surface area contributed by atoms with E-state index in [-0.39, 0.29) is 0 Å². The number of aliphatic imine (C=N–C) groups is 2. The van der Waals surface area contributed by atoms with Gasteiger partial charge in [-0.1, -0.05) is 24.3 Å². The zero-order valence-electron chi connectivity index (χ0n) is 15.1. The van der Waals surface area contributed by atoms with Crippen molar-refractivity contribution >= 4 is 28.1 Å². The number of hydrogen-bond donors (Lipinski definition) is 3. The van der Waals surface area contributed by atoms with Crippen LogP contribution in [0.2, 0.25) is 0 Å². The van der Waals surface area contributed by atoms with Gasteiger partial charge in [0.2, 0.25) is 0 Å². The first-order valence-electron chi connectivity index (χ1n) is 9.28. The van der Waals surface area contributed by atoms with Gasteiger partial charge in [-0.3, -0.25) is 4.99 Å². The molecule has 0 bridgehead atoms. The molecule has 5 heteroatoms. The highest BCUT2D eigenvalue weighted by Crippen LogP contribution is 2.28. The molecule has 2 aliphatic rings. The lowest BCUT2D eigenvalue weighted by Gasteiger charge is -2.24. The molecule has 26 heavy (non-hydrogen) atoms. The lowest BCUT2D eigenvalue weighted by Crippen LogP contribution is -2.31. The number of H-pyrrole nitrogens is 1. The predicted octanol–water partition coefficient (Wildman–Crippen LogP) is 3.61. The molecule has 0 atom stereocenters. The third-order valence-corrected chi connectivity index (χ3v) is 5.24. The number of para-hydroxylation sites is 1. The number of piperidine rings is 1. The Morgan fingerprint density at radius 1 is 1.15 bits per heavy atom. The summed E-state index contributed by atoms with van der Waals surface area (Å²) in [5.74, 6) is 1.03. The van der Waals surface area contributed by atoms with Gasteiger partial charge in [0.1, 0.15) is 5.84 Å². The molecule has 0 saturated carbocycles. The van der Waals surface area contributed by atoms with Gasteiger partial charge in [-0.05, 0) is 45.0 Å². The van der Waals surface area contributed by atoms with Crippen molar-refractivity contribution in [1.82, 2.24) is 10.3 Å². The van der Waals surface area contributed by atoms with Crippen molar-refractivity contribution in [2.24, 2.45) is 21.6 Å². The Hall–Kier alpha value is -2.66. The Kier molecular flexibility index (Phi) is 4.71. The van der Waals surface area contributed by atoms with Crippen LogP contribution in [0.5, 0.6) is 0 Å². The molecule has 1 aromatic heterocycles. The van der Waals surface area contributed by atoms with E-state index in [1.165, 1.54) is 11.1 Å². The molecular weight excluding hydrogens is 322 g/mol. The molecule has 5 nitrogen and oxygen atoms in total. The van der Waals surface area contributed by atoms with Crippen LogP contribution >= 0.6 is 0 Å². The predicted molar refractivity (Wildman–Crippen MR) is 109 cm³/mol. The van der Waals surface area contributed by atoms with E-state index in [1.54, 1.807) is 0 Å². The molecule has 1 fully saturated rings. The van der Waals surface area contributed by atoms with Crippen LogP contribution in [0.25, 0.3) is 16.6 Å². The second kappa shape index (κ2) is 7.30. The van der Waals surface area contributed by atoms with E-state index in [4.69, 9.17) is 10.7 Å². The molecule has 2 aromatic rings. The molecule has 1 saturated heterocycles. The molecule has 3 heterocycles. The number of nitrogens with one attached hydrogen (secondary N) is 2. The quantitative estimate of drug-likeness (QED) is 0.776. The number of aromatic nitrogens is 1. The summed E-state index contributed by atoms with van der Waals surface area (Å²) in [4.78, 5) is 13.0. The number of aromatic amines is 1. The number of rotatable bonds is 2. The second-order valence-electron chi connectivity index (χ2n) is 6.97. The van der Waals surface area contributed by atoms with Gasteiger partial charge >= 0.3 is 0 Å². The number of benzene rings is 1. The summed E-state index contributed by atoms with van der Waals surface area (Å²) in [5.41, 5.74) is 11.3. The summed E-state index contributed by atoms with van der Waals surface area (Å²) in [6, 6.07) is 10.4. The molecule has 0 unspecified atom stereocenters. The summed E-state index contributed by atoms with van der Waals surface area (Å²) in [6.45, 7) is 4.11. The molecular formula is C21H25N5. The summed E-state index contributed by atoms with van der Waals surface area (Å²) < 4.78 is 0. The number of hydrogen-bond acceptors (Lipinski definition) is 4. The Labute approximate surface area is 153 Å². The largest absolute Gasteiger partial charge is 0.383 e. The van der Waals surface area contributed by atoms with Crippen LogP contribution in [0.3, 0.4) is 0 Å². The maximum absolute atomic E-state index is 6.21. The van der Waals surface area contributed by atoms with Crippen LogP contribution in [0.1, 0.15) is 31.9 Å². The fourth-order valence-corrected chi connectivity index (χ4v) is 3.67. The zero-order chi connectivity index (χ0) is 17.9. The van der Waals surface area contributed by atoms with Crippen molar-refractivity contribution in [3.63, 3.8) is 0 Å². The normalized spacial score (nSPS) is 25.7. The molecule has 134 valence electrons. The molecule has 0 radical (unpaired) electrons. The van der Waals surface area contributed by atoms with Gasteiger partial charge in [0.15, 0.2) is 0 Å². The molecule has 2 aliphatic heterocycles. The molecule has 4 rings (SSSR count). The maximum Gasteiger partial charge on any atom is 0.128 e. The second-order valence-corrected chi connectivity index (χ2v) is 6.97. The minimum atomic E-state index is 0.507. The standard InChI is InChI=1S/C21H25N5/c1-14-20(19-13-16-5-2-3-6-18(16)25-19)26-17(7-4-10-24-21(14)22)15-8-11-23-12-9-15/h2-6,10,13,15,23,25H,7-9,11-12H2,1H3,(H2,22,24)/b10-4-,20-14+,26-17?. The van der Waals surface area contributed by atoms with Gasteiger partial charge in [0.25, 0.3) is 0 Å². The Bertz CT molecular complexity index is 890. The summed E-state index contributed by atoms with van der Waals surface area (Å²) in [7, 11) is 0. The average Bonchev–Trinajstić information content (AvgIpc) is 3.12. The van der Waals surface area contributed by atoms with Gasteiger partial charge in [-0.15, -0.1) is 0 Å². The van der Waals surface area contributed by atoms with Crippen molar-refractivity contribution in [3.8, 4) is 0 Å². The van der Waals surface area contributed by atoms with E-state index in [0.717, 1.165) is 54.8 Å². The number of amidine groups is 1. The van der Waals surface area contributed by atoms with E-state index in [0.29, 0.717) is 11.8 Å². The van der Waals surface area contributed by atoms with Gasteiger partial charge in [-0.25, -0.2) is 4.99 Å². The SMILES string of the molecule is CC1=C(\c2cc3ccccc3[nH]2)N=C(C2CCNCC2)C\C=C/N=C/1N. The van der Waals surface area contributed by atoms with E-state index in [2.05, 4.69) is 39.6 Å². The highest BCUT2D eigenvalue weighted by atomic mass is 14.9. The van der Waals surface area contributed by atoms with Gasteiger partial charge in [-0.2, -0.15) is 0 Å². The first-order chi connectivity index (χ1) is 12.7. The van der Waals surface area contributed by atoms with Crippen molar-refractivity contribution in [2.75, 3.05) is 13.1 Å². The van der Waals surface area contributed by atoms with Crippen LogP contribution in [-0.4, -0.2) is 29.6 Å². The smallest absolute Gasteiger partial charge is 0.128 e. The maximum atomic E-state index is 6.21. The van der Waals surface area contributed by atoms with Gasteiger partial charge in [0.05, 0.1) is 11.4 Å². The highest BCUT2D eigenvalue weighted by Gasteiger charge is 2.21. The summed E-state index contributed by atoms with van der Waals surface area (Å²) >= 11 is 0.